The molecule has 0 amide bonds. The van der Waals surface area contributed by atoms with Crippen molar-refractivity contribution in [2.75, 3.05) is 6.54 Å². The lowest BCUT2D eigenvalue weighted by atomic mass is 10.3. The Kier molecular flexibility index (Phi) is 8.38. The Balaban J connectivity index is 0. The Hall–Kier alpha value is -1.40. The fourth-order valence-corrected chi connectivity index (χ4v) is 1.40. The number of sulfonamides is 1. The van der Waals surface area contributed by atoms with Crippen LogP contribution >= 0.6 is 0 Å². The van der Waals surface area contributed by atoms with Crippen LogP contribution < -0.4 is 10.5 Å². The zero-order valence-electron chi connectivity index (χ0n) is 10.5. The van der Waals surface area contributed by atoms with Gasteiger partial charge in [0.05, 0.1) is 5.25 Å². The summed E-state index contributed by atoms with van der Waals surface area (Å²) < 4.78 is 56.1. The number of hydrogen-bond acceptors (Lipinski definition) is 5. The monoisotopic (exact) mass is 324 g/mol. The van der Waals surface area contributed by atoms with Crippen LogP contribution in [0.2, 0.25) is 0 Å². The minimum absolute atomic E-state index is 0.263. The van der Waals surface area contributed by atoms with Gasteiger partial charge in [-0.3, -0.25) is 4.79 Å². The molecule has 0 radical (unpaired) electrons. The van der Waals surface area contributed by atoms with Crippen LogP contribution in [-0.4, -0.2) is 54.6 Å². The number of rotatable bonds is 5. The summed E-state index contributed by atoms with van der Waals surface area (Å²) in [5.74, 6) is -4.03. The molecule has 0 bridgehead atoms. The molecule has 0 aromatic rings. The topological polar surface area (TPSA) is 147 Å². The molecule has 0 heterocycles. The van der Waals surface area contributed by atoms with Crippen LogP contribution in [-0.2, 0) is 19.6 Å². The van der Waals surface area contributed by atoms with Crippen molar-refractivity contribution in [3.05, 3.63) is 0 Å². The van der Waals surface area contributed by atoms with Gasteiger partial charge in [0.1, 0.15) is 6.04 Å². The Bertz CT molecular complexity index is 434. The van der Waals surface area contributed by atoms with E-state index in [1.165, 1.54) is 13.8 Å². The minimum atomic E-state index is -5.08. The highest BCUT2D eigenvalue weighted by molar-refractivity contribution is 7.90. The van der Waals surface area contributed by atoms with Crippen LogP contribution in [0.3, 0.4) is 0 Å². The van der Waals surface area contributed by atoms with Crippen LogP contribution in [0.4, 0.5) is 13.2 Å². The first-order valence-corrected chi connectivity index (χ1v) is 6.54. The quantitative estimate of drug-likeness (QED) is 0.526. The predicted octanol–water partition coefficient (Wildman–Crippen LogP) is -0.641. The van der Waals surface area contributed by atoms with Crippen molar-refractivity contribution < 1.29 is 41.4 Å². The number of carboxylic acid groups (broad SMARTS) is 2. The molecular formula is C8H15F3N2O6S. The molecular weight excluding hydrogens is 309 g/mol. The van der Waals surface area contributed by atoms with Crippen LogP contribution in [0.1, 0.15) is 13.8 Å². The van der Waals surface area contributed by atoms with E-state index in [2.05, 4.69) is 0 Å². The normalized spacial score (nSPS) is 13.3. The number of nitrogens with one attached hydrogen (secondary N) is 1. The van der Waals surface area contributed by atoms with Gasteiger partial charge >= 0.3 is 18.1 Å². The summed E-state index contributed by atoms with van der Waals surface area (Å²) >= 11 is 0. The molecule has 8 nitrogen and oxygen atoms in total. The summed E-state index contributed by atoms with van der Waals surface area (Å²) in [6.45, 7) is 2.65. The molecule has 0 saturated carbocycles. The predicted molar refractivity (Wildman–Crippen MR) is 61.4 cm³/mol. The smallest absolute Gasteiger partial charge is 0.480 e. The maximum absolute atomic E-state index is 11.2. The van der Waals surface area contributed by atoms with Gasteiger partial charge in [0, 0.05) is 6.54 Å². The molecule has 0 fully saturated rings. The summed E-state index contributed by atoms with van der Waals surface area (Å²) in [4.78, 5) is 19.3. The minimum Gasteiger partial charge on any atom is -0.480 e. The molecule has 0 aliphatic rings. The Morgan fingerprint density at radius 1 is 1.25 bits per heavy atom. The van der Waals surface area contributed by atoms with E-state index in [1.54, 1.807) is 0 Å². The van der Waals surface area contributed by atoms with Crippen LogP contribution in [0.5, 0.6) is 0 Å². The van der Waals surface area contributed by atoms with Crippen LogP contribution in [0.25, 0.3) is 0 Å². The van der Waals surface area contributed by atoms with Gasteiger partial charge in [0.2, 0.25) is 10.0 Å². The lowest BCUT2D eigenvalue weighted by Crippen LogP contribution is -2.47. The summed E-state index contributed by atoms with van der Waals surface area (Å²) in [5, 5.41) is 15.0. The molecule has 0 saturated heterocycles. The fraction of sp³-hybridized carbons (Fsp3) is 0.750. The van der Waals surface area contributed by atoms with Gasteiger partial charge in [0.15, 0.2) is 0 Å². The molecule has 120 valence electrons. The van der Waals surface area contributed by atoms with Crippen molar-refractivity contribution in [2.45, 2.75) is 31.3 Å². The number of hydrogen-bond donors (Lipinski definition) is 4. The molecule has 0 aromatic carbocycles. The van der Waals surface area contributed by atoms with Gasteiger partial charge in [-0.05, 0) is 13.8 Å². The summed E-state index contributed by atoms with van der Waals surface area (Å²) in [7, 11) is -3.57. The molecule has 0 aliphatic heterocycles. The second-order valence-electron chi connectivity index (χ2n) is 3.64. The number of alkyl halides is 3. The molecule has 0 unspecified atom stereocenters. The van der Waals surface area contributed by atoms with Crippen molar-refractivity contribution in [1.29, 1.82) is 0 Å². The average molecular weight is 324 g/mol. The summed E-state index contributed by atoms with van der Waals surface area (Å²) in [6.07, 6.45) is -5.08. The lowest BCUT2D eigenvalue weighted by molar-refractivity contribution is -0.192. The van der Waals surface area contributed by atoms with Gasteiger partial charge in [-0.15, -0.1) is 0 Å². The second-order valence-corrected chi connectivity index (χ2v) is 5.91. The SMILES string of the molecule is CC(C)S(=O)(=O)N[C@@H](CN)C(=O)O.O=C(O)C(F)(F)F. The van der Waals surface area contributed by atoms with E-state index in [-0.39, 0.29) is 6.54 Å². The van der Waals surface area contributed by atoms with E-state index in [4.69, 9.17) is 20.7 Å². The molecule has 0 aromatic heterocycles. The molecule has 20 heavy (non-hydrogen) atoms. The zero-order valence-corrected chi connectivity index (χ0v) is 11.3. The van der Waals surface area contributed by atoms with Gasteiger partial charge in [-0.25, -0.2) is 13.2 Å². The molecule has 5 N–H and O–H groups in total. The third-order valence-electron chi connectivity index (χ3n) is 1.70. The molecule has 0 aliphatic carbocycles. The first-order chi connectivity index (χ1) is 8.75. The fourth-order valence-electron chi connectivity index (χ4n) is 0.534. The first kappa shape index (κ1) is 20.9. The second kappa shape index (κ2) is 8.01. The highest BCUT2D eigenvalue weighted by Crippen LogP contribution is 2.13. The average Bonchev–Trinajstić information content (AvgIpc) is 2.24. The van der Waals surface area contributed by atoms with E-state index in [9.17, 15) is 26.4 Å². The summed E-state index contributed by atoms with van der Waals surface area (Å²) in [5.41, 5.74) is 5.07. The number of aliphatic carboxylic acids is 2. The Morgan fingerprint density at radius 2 is 1.60 bits per heavy atom. The van der Waals surface area contributed by atoms with Crippen molar-refractivity contribution in [2.24, 2.45) is 5.73 Å². The van der Waals surface area contributed by atoms with Gasteiger partial charge in [-0.1, -0.05) is 0 Å². The van der Waals surface area contributed by atoms with E-state index >= 15 is 0 Å². The third kappa shape index (κ3) is 8.66. The van der Waals surface area contributed by atoms with E-state index < -0.39 is 39.4 Å². The first-order valence-electron chi connectivity index (χ1n) is 4.99. The molecule has 0 rings (SSSR count). The molecule has 1 atom stereocenters. The summed E-state index contributed by atoms with van der Waals surface area (Å²) in [6, 6.07) is -1.24. The van der Waals surface area contributed by atoms with E-state index in [0.717, 1.165) is 0 Å². The van der Waals surface area contributed by atoms with Gasteiger partial charge in [-0.2, -0.15) is 17.9 Å². The van der Waals surface area contributed by atoms with E-state index in [0.29, 0.717) is 0 Å². The van der Waals surface area contributed by atoms with Crippen LogP contribution in [0.15, 0.2) is 0 Å². The Labute approximate surface area is 112 Å². The van der Waals surface area contributed by atoms with Gasteiger partial charge < -0.3 is 15.9 Å². The number of carbonyl (C=O) groups is 2. The van der Waals surface area contributed by atoms with Crippen molar-refractivity contribution in [3.63, 3.8) is 0 Å². The van der Waals surface area contributed by atoms with E-state index in [1.807, 2.05) is 4.72 Å². The molecule has 12 heteroatoms. The van der Waals surface area contributed by atoms with Gasteiger partial charge in [0.25, 0.3) is 0 Å². The van der Waals surface area contributed by atoms with Crippen molar-refractivity contribution >= 4 is 22.0 Å². The largest absolute Gasteiger partial charge is 0.490 e. The standard InChI is InChI=1S/C6H14N2O4S.C2HF3O2/c1-4(2)13(11,12)8-5(3-7)6(9)10;3-2(4,5)1(6)7/h4-5,8H,3,7H2,1-2H3,(H,9,10);(H,6,7)/t5-;/m0./s1. The zero-order chi connectivity index (χ0) is 16.7. The highest BCUT2D eigenvalue weighted by Gasteiger charge is 2.38. The Morgan fingerprint density at radius 3 is 1.75 bits per heavy atom. The maximum atomic E-state index is 11.2. The lowest BCUT2D eigenvalue weighted by Gasteiger charge is -2.14. The molecule has 0 spiro atoms. The van der Waals surface area contributed by atoms with Crippen LogP contribution in [0, 0.1) is 0 Å². The number of halogens is 3. The number of nitrogens with two attached hydrogens (primary N) is 1. The number of carboxylic acids is 2. The van der Waals surface area contributed by atoms with Crippen molar-refractivity contribution in [3.8, 4) is 0 Å². The third-order valence-corrected chi connectivity index (χ3v) is 3.56. The maximum Gasteiger partial charge on any atom is 0.490 e. The highest BCUT2D eigenvalue weighted by atomic mass is 32.2. The van der Waals surface area contributed by atoms with Crippen molar-refractivity contribution in [1.82, 2.24) is 4.72 Å².